The third kappa shape index (κ3) is 2.81. The van der Waals surface area contributed by atoms with Gasteiger partial charge < -0.3 is 10.1 Å². The molecule has 1 aromatic heterocycles. The van der Waals surface area contributed by atoms with Crippen LogP contribution < -0.4 is 10.1 Å². The molecular formula is C13H14N2O. The number of benzene rings is 1. The lowest BCUT2D eigenvalue weighted by Gasteiger charge is -2.06. The summed E-state index contributed by atoms with van der Waals surface area (Å²) in [5, 5.41) is 3.08. The summed E-state index contributed by atoms with van der Waals surface area (Å²) < 4.78 is 5.68. The van der Waals surface area contributed by atoms with Crippen molar-refractivity contribution in [3.63, 3.8) is 0 Å². The molecule has 2 aromatic rings. The van der Waals surface area contributed by atoms with Gasteiger partial charge in [-0.3, -0.25) is 4.98 Å². The number of ether oxygens (including phenoxy) is 1. The molecule has 2 rings (SSSR count). The Labute approximate surface area is 95.1 Å². The fraction of sp³-hybridized carbons (Fsp3) is 0.154. The smallest absolute Gasteiger partial charge is 0.146 e. The third-order valence-corrected chi connectivity index (χ3v) is 2.13. The summed E-state index contributed by atoms with van der Waals surface area (Å²) in [5.41, 5.74) is 1.11. The zero-order valence-corrected chi connectivity index (χ0v) is 9.18. The largest absolute Gasteiger partial charge is 0.456 e. The molecule has 1 aromatic carbocycles. The molecule has 0 saturated carbocycles. The second-order valence-electron chi connectivity index (χ2n) is 3.47. The minimum Gasteiger partial charge on any atom is -0.456 e. The number of para-hydroxylation sites is 1. The monoisotopic (exact) mass is 214 g/mol. The first-order chi connectivity index (χ1) is 7.88. The van der Waals surface area contributed by atoms with E-state index in [1.807, 2.05) is 49.6 Å². The highest BCUT2D eigenvalue weighted by Gasteiger charge is 1.98. The zero-order chi connectivity index (χ0) is 11.2. The molecule has 3 heteroatoms. The van der Waals surface area contributed by atoms with E-state index in [9.17, 15) is 0 Å². The molecule has 82 valence electrons. The molecule has 0 aliphatic heterocycles. The van der Waals surface area contributed by atoms with E-state index in [4.69, 9.17) is 4.74 Å². The Balaban J connectivity index is 2.12. The van der Waals surface area contributed by atoms with Crippen LogP contribution in [0.2, 0.25) is 0 Å². The molecule has 0 radical (unpaired) electrons. The lowest BCUT2D eigenvalue weighted by molar-refractivity contribution is 0.479. The van der Waals surface area contributed by atoms with Gasteiger partial charge in [-0.25, -0.2) is 0 Å². The summed E-state index contributed by atoms with van der Waals surface area (Å²) in [7, 11) is 1.91. The van der Waals surface area contributed by atoms with Crippen LogP contribution in [0.25, 0.3) is 0 Å². The summed E-state index contributed by atoms with van der Waals surface area (Å²) in [6.45, 7) is 0.791. The van der Waals surface area contributed by atoms with Crippen LogP contribution in [0.15, 0.2) is 48.8 Å². The fourth-order valence-electron chi connectivity index (χ4n) is 1.44. The van der Waals surface area contributed by atoms with Gasteiger partial charge in [0.05, 0.1) is 6.20 Å². The molecule has 0 amide bonds. The van der Waals surface area contributed by atoms with E-state index in [0.717, 1.165) is 23.6 Å². The van der Waals surface area contributed by atoms with E-state index in [2.05, 4.69) is 10.3 Å². The first-order valence-corrected chi connectivity index (χ1v) is 5.20. The van der Waals surface area contributed by atoms with E-state index in [-0.39, 0.29) is 0 Å². The summed E-state index contributed by atoms with van der Waals surface area (Å²) in [4.78, 5) is 4.13. The highest BCUT2D eigenvalue weighted by molar-refractivity contribution is 5.30. The Morgan fingerprint density at radius 2 is 1.94 bits per heavy atom. The maximum atomic E-state index is 5.68. The van der Waals surface area contributed by atoms with Gasteiger partial charge in [0.25, 0.3) is 0 Å². The van der Waals surface area contributed by atoms with Gasteiger partial charge in [-0.2, -0.15) is 0 Å². The number of hydrogen-bond acceptors (Lipinski definition) is 3. The van der Waals surface area contributed by atoms with Crippen LogP contribution >= 0.6 is 0 Å². The number of pyridine rings is 1. The predicted octanol–water partition coefficient (Wildman–Crippen LogP) is 2.59. The Bertz CT molecular complexity index is 443. The van der Waals surface area contributed by atoms with E-state index in [0.29, 0.717) is 0 Å². The molecule has 0 aliphatic rings. The number of nitrogens with one attached hydrogen (secondary N) is 1. The molecule has 0 bridgehead atoms. The highest BCUT2D eigenvalue weighted by Crippen LogP contribution is 2.20. The summed E-state index contributed by atoms with van der Waals surface area (Å²) >= 11 is 0. The van der Waals surface area contributed by atoms with Crippen LogP contribution in [0.1, 0.15) is 5.56 Å². The van der Waals surface area contributed by atoms with Crippen LogP contribution in [0, 0.1) is 0 Å². The Kier molecular flexibility index (Phi) is 3.51. The minimum absolute atomic E-state index is 0.763. The molecule has 1 heterocycles. The maximum absolute atomic E-state index is 5.68. The SMILES string of the molecule is CNCc1cncc(Oc2ccccc2)c1. The quantitative estimate of drug-likeness (QED) is 0.849. The van der Waals surface area contributed by atoms with Crippen LogP contribution in [-0.4, -0.2) is 12.0 Å². The zero-order valence-electron chi connectivity index (χ0n) is 9.18. The Hall–Kier alpha value is -1.87. The van der Waals surface area contributed by atoms with Gasteiger partial charge in [0.1, 0.15) is 11.5 Å². The van der Waals surface area contributed by atoms with Crippen LogP contribution in [-0.2, 0) is 6.54 Å². The molecule has 0 atom stereocenters. The summed E-state index contributed by atoms with van der Waals surface area (Å²) in [6.07, 6.45) is 3.54. The number of nitrogens with zero attached hydrogens (tertiary/aromatic N) is 1. The van der Waals surface area contributed by atoms with Gasteiger partial charge in [0, 0.05) is 12.7 Å². The maximum Gasteiger partial charge on any atom is 0.146 e. The molecule has 1 N–H and O–H groups in total. The Morgan fingerprint density at radius 3 is 2.69 bits per heavy atom. The third-order valence-electron chi connectivity index (χ3n) is 2.13. The first kappa shape index (κ1) is 10.6. The molecule has 0 saturated heterocycles. The van der Waals surface area contributed by atoms with Gasteiger partial charge in [0.2, 0.25) is 0 Å². The molecular weight excluding hydrogens is 200 g/mol. The molecule has 0 unspecified atom stereocenters. The van der Waals surface area contributed by atoms with Crippen molar-refractivity contribution >= 4 is 0 Å². The molecule has 0 fully saturated rings. The van der Waals surface area contributed by atoms with Crippen molar-refractivity contribution in [2.24, 2.45) is 0 Å². The average Bonchev–Trinajstić information content (AvgIpc) is 2.31. The number of rotatable bonds is 4. The minimum atomic E-state index is 0.763. The van der Waals surface area contributed by atoms with Crippen LogP contribution in [0.5, 0.6) is 11.5 Å². The first-order valence-electron chi connectivity index (χ1n) is 5.20. The van der Waals surface area contributed by atoms with Crippen molar-refractivity contribution in [3.8, 4) is 11.5 Å². The van der Waals surface area contributed by atoms with E-state index in [1.165, 1.54) is 0 Å². The normalized spacial score (nSPS) is 10.1. The van der Waals surface area contributed by atoms with Gasteiger partial charge >= 0.3 is 0 Å². The van der Waals surface area contributed by atoms with Gasteiger partial charge in [-0.05, 0) is 30.8 Å². The van der Waals surface area contributed by atoms with E-state index < -0.39 is 0 Å². The summed E-state index contributed by atoms with van der Waals surface area (Å²) in [6, 6.07) is 11.7. The van der Waals surface area contributed by atoms with E-state index >= 15 is 0 Å². The second kappa shape index (κ2) is 5.28. The molecule has 0 spiro atoms. The highest BCUT2D eigenvalue weighted by atomic mass is 16.5. The molecule has 16 heavy (non-hydrogen) atoms. The van der Waals surface area contributed by atoms with Crippen molar-refractivity contribution in [3.05, 3.63) is 54.4 Å². The standard InChI is InChI=1S/C13H14N2O/c1-14-8-11-7-13(10-15-9-11)16-12-5-3-2-4-6-12/h2-7,9-10,14H,8H2,1H3. The van der Waals surface area contributed by atoms with Gasteiger partial charge in [-0.15, -0.1) is 0 Å². The van der Waals surface area contributed by atoms with Crippen molar-refractivity contribution in [2.75, 3.05) is 7.05 Å². The molecule has 0 aliphatic carbocycles. The Morgan fingerprint density at radius 1 is 1.12 bits per heavy atom. The van der Waals surface area contributed by atoms with Gasteiger partial charge in [0.15, 0.2) is 0 Å². The number of aromatic nitrogens is 1. The molecule has 3 nitrogen and oxygen atoms in total. The van der Waals surface area contributed by atoms with Gasteiger partial charge in [-0.1, -0.05) is 18.2 Å². The van der Waals surface area contributed by atoms with Crippen LogP contribution in [0.4, 0.5) is 0 Å². The van der Waals surface area contributed by atoms with Crippen molar-refractivity contribution in [1.82, 2.24) is 10.3 Å². The fourth-order valence-corrected chi connectivity index (χ4v) is 1.44. The summed E-state index contributed by atoms with van der Waals surface area (Å²) in [5.74, 6) is 1.59. The second-order valence-corrected chi connectivity index (χ2v) is 3.47. The van der Waals surface area contributed by atoms with Crippen molar-refractivity contribution in [2.45, 2.75) is 6.54 Å². The topological polar surface area (TPSA) is 34.2 Å². The number of hydrogen-bond donors (Lipinski definition) is 1. The van der Waals surface area contributed by atoms with Crippen LogP contribution in [0.3, 0.4) is 0 Å². The van der Waals surface area contributed by atoms with E-state index in [1.54, 1.807) is 6.20 Å². The predicted molar refractivity (Wildman–Crippen MR) is 63.5 cm³/mol. The van der Waals surface area contributed by atoms with Crippen molar-refractivity contribution in [1.29, 1.82) is 0 Å². The average molecular weight is 214 g/mol. The lowest BCUT2D eigenvalue weighted by Crippen LogP contribution is -2.05. The lowest BCUT2D eigenvalue weighted by atomic mass is 10.3. The van der Waals surface area contributed by atoms with Crippen molar-refractivity contribution < 1.29 is 4.74 Å².